The van der Waals surface area contributed by atoms with Crippen molar-refractivity contribution in [1.29, 1.82) is 0 Å². The highest BCUT2D eigenvalue weighted by Gasteiger charge is 2.35. The van der Waals surface area contributed by atoms with Crippen molar-refractivity contribution in [2.75, 3.05) is 25.2 Å². The number of methoxy groups -OCH3 is 2. The summed E-state index contributed by atoms with van der Waals surface area (Å²) in [7, 11) is -0.357. The van der Waals surface area contributed by atoms with Crippen LogP contribution in [0.5, 0.6) is 11.5 Å². The van der Waals surface area contributed by atoms with Gasteiger partial charge in [-0.15, -0.1) is 0 Å². The molecule has 33 heavy (non-hydrogen) atoms. The van der Waals surface area contributed by atoms with Gasteiger partial charge in [-0.2, -0.15) is 5.10 Å². The zero-order chi connectivity index (χ0) is 24.2. The van der Waals surface area contributed by atoms with Crippen molar-refractivity contribution >= 4 is 33.3 Å². The quantitative estimate of drug-likeness (QED) is 0.569. The Hall–Kier alpha value is -3.60. The molecule has 1 atom stereocenters. The number of nitrogens with one attached hydrogen (secondary N) is 1. The Bertz CT molecular complexity index is 1180. The van der Waals surface area contributed by atoms with E-state index >= 15 is 0 Å². The number of carbonyl (C=O) groups is 2. The average molecular weight is 476 g/mol. The maximum Gasteiger partial charge on any atom is 0.303 e. The van der Waals surface area contributed by atoms with Crippen molar-refractivity contribution in [2.24, 2.45) is 5.10 Å². The number of carboxylic acid groups (broad SMARTS) is 1. The first kappa shape index (κ1) is 24.1. The predicted octanol–water partition coefficient (Wildman–Crippen LogP) is 2.62. The molecule has 0 aliphatic carbocycles. The first-order valence-electron chi connectivity index (χ1n) is 10.0. The van der Waals surface area contributed by atoms with Gasteiger partial charge in [0.2, 0.25) is 15.9 Å². The molecule has 1 amide bonds. The van der Waals surface area contributed by atoms with Crippen LogP contribution in [0.25, 0.3) is 0 Å². The summed E-state index contributed by atoms with van der Waals surface area (Å²) >= 11 is 0. The molecule has 11 heteroatoms. The van der Waals surface area contributed by atoms with Crippen molar-refractivity contribution in [3.8, 4) is 11.5 Å². The fraction of sp³-hybridized carbons (Fsp3) is 0.318. The zero-order valence-corrected chi connectivity index (χ0v) is 19.3. The highest BCUT2D eigenvalue weighted by molar-refractivity contribution is 7.92. The van der Waals surface area contributed by atoms with Crippen LogP contribution in [-0.2, 0) is 19.6 Å². The first-order valence-corrected chi connectivity index (χ1v) is 11.9. The summed E-state index contributed by atoms with van der Waals surface area (Å²) < 4.78 is 36.1. The second-order valence-electron chi connectivity index (χ2n) is 7.46. The van der Waals surface area contributed by atoms with Gasteiger partial charge in [0.25, 0.3) is 0 Å². The molecule has 1 aliphatic rings. The van der Waals surface area contributed by atoms with Crippen LogP contribution in [0.15, 0.2) is 47.6 Å². The summed E-state index contributed by atoms with van der Waals surface area (Å²) in [5, 5.41) is 14.8. The molecule has 2 aromatic carbocycles. The van der Waals surface area contributed by atoms with Crippen LogP contribution in [0, 0.1) is 0 Å². The Morgan fingerprint density at radius 1 is 1.12 bits per heavy atom. The molecule has 0 bridgehead atoms. The van der Waals surface area contributed by atoms with E-state index in [1.165, 1.54) is 19.2 Å². The van der Waals surface area contributed by atoms with Gasteiger partial charge in [0.15, 0.2) is 0 Å². The van der Waals surface area contributed by atoms with Crippen molar-refractivity contribution in [1.82, 2.24) is 5.01 Å². The summed E-state index contributed by atoms with van der Waals surface area (Å²) in [6.45, 7) is 0. The molecule has 1 heterocycles. The van der Waals surface area contributed by atoms with Gasteiger partial charge >= 0.3 is 5.97 Å². The van der Waals surface area contributed by atoms with Gasteiger partial charge in [-0.25, -0.2) is 13.4 Å². The Morgan fingerprint density at radius 3 is 2.39 bits per heavy atom. The number of hydrogen-bond acceptors (Lipinski definition) is 7. The van der Waals surface area contributed by atoms with Crippen molar-refractivity contribution in [3.05, 3.63) is 53.6 Å². The number of benzene rings is 2. The van der Waals surface area contributed by atoms with Crippen LogP contribution in [0.3, 0.4) is 0 Å². The topological polar surface area (TPSA) is 135 Å². The Morgan fingerprint density at radius 2 is 1.82 bits per heavy atom. The smallest absolute Gasteiger partial charge is 0.303 e. The maximum atomic E-state index is 12.9. The molecule has 0 spiro atoms. The van der Waals surface area contributed by atoms with E-state index < -0.39 is 27.9 Å². The summed E-state index contributed by atoms with van der Waals surface area (Å²) in [5.74, 6) is -0.386. The second kappa shape index (κ2) is 9.90. The lowest BCUT2D eigenvalue weighted by Crippen LogP contribution is -2.27. The van der Waals surface area contributed by atoms with Crippen molar-refractivity contribution < 1.29 is 32.6 Å². The van der Waals surface area contributed by atoms with Gasteiger partial charge in [0, 0.05) is 24.1 Å². The average Bonchev–Trinajstić information content (AvgIpc) is 3.21. The second-order valence-corrected chi connectivity index (χ2v) is 9.21. The monoisotopic (exact) mass is 475 g/mol. The standard InChI is InChI=1S/C22H25N3O7S/c1-31-16-8-9-20(32-2)17(12-16)19-13-18(23-25(19)21(26)10-11-22(27)28)14-4-6-15(7-5-14)24-33(3,29)30/h4-9,12,19,24H,10-11,13H2,1-3H3,(H,27,28)/t19-/m0/s1. The molecule has 176 valence electrons. The fourth-order valence-corrected chi connectivity index (χ4v) is 4.09. The molecule has 1 aliphatic heterocycles. The van der Waals surface area contributed by atoms with Crippen molar-refractivity contribution in [2.45, 2.75) is 25.3 Å². The molecule has 0 saturated heterocycles. The summed E-state index contributed by atoms with van der Waals surface area (Å²) in [6.07, 6.45) is 0.899. The van der Waals surface area contributed by atoms with E-state index in [-0.39, 0.29) is 12.8 Å². The molecule has 0 radical (unpaired) electrons. The Kier molecular flexibility index (Phi) is 7.22. The summed E-state index contributed by atoms with van der Waals surface area (Å²) in [4.78, 5) is 23.9. The van der Waals surface area contributed by atoms with Crippen LogP contribution in [-0.4, -0.2) is 56.6 Å². The van der Waals surface area contributed by atoms with Crippen LogP contribution in [0.1, 0.15) is 36.4 Å². The number of anilines is 1. The van der Waals surface area contributed by atoms with Crippen LogP contribution in [0.2, 0.25) is 0 Å². The molecule has 10 nitrogen and oxygen atoms in total. The lowest BCUT2D eigenvalue weighted by molar-refractivity contribution is -0.141. The predicted molar refractivity (Wildman–Crippen MR) is 122 cm³/mol. The zero-order valence-electron chi connectivity index (χ0n) is 18.4. The number of aliphatic carboxylic acids is 1. The first-order chi connectivity index (χ1) is 15.6. The van der Waals surface area contributed by atoms with Gasteiger partial charge in [-0.05, 0) is 35.9 Å². The third-order valence-corrected chi connectivity index (χ3v) is 5.64. The van der Waals surface area contributed by atoms with Crippen LogP contribution >= 0.6 is 0 Å². The number of ether oxygens (including phenoxy) is 2. The van der Waals surface area contributed by atoms with Gasteiger partial charge < -0.3 is 14.6 Å². The molecule has 0 aromatic heterocycles. The van der Waals surface area contributed by atoms with E-state index in [1.54, 1.807) is 42.5 Å². The van der Waals surface area contributed by atoms with E-state index in [1.807, 2.05) is 0 Å². The number of carbonyl (C=O) groups excluding carboxylic acids is 1. The van der Waals surface area contributed by atoms with E-state index in [0.29, 0.717) is 40.4 Å². The molecular formula is C22H25N3O7S. The van der Waals surface area contributed by atoms with Gasteiger partial charge in [0.05, 0.1) is 38.6 Å². The maximum absolute atomic E-state index is 12.9. The number of nitrogens with zero attached hydrogens (tertiary/aromatic N) is 2. The summed E-state index contributed by atoms with van der Waals surface area (Å²) in [6, 6.07) is 11.3. The molecule has 3 rings (SSSR count). The van der Waals surface area contributed by atoms with E-state index in [0.717, 1.165) is 6.26 Å². The highest BCUT2D eigenvalue weighted by atomic mass is 32.2. The van der Waals surface area contributed by atoms with E-state index in [9.17, 15) is 18.0 Å². The third kappa shape index (κ3) is 6.01. The fourth-order valence-electron chi connectivity index (χ4n) is 3.53. The lowest BCUT2D eigenvalue weighted by Gasteiger charge is -2.24. The molecule has 0 saturated carbocycles. The van der Waals surface area contributed by atoms with Gasteiger partial charge in [-0.3, -0.25) is 14.3 Å². The summed E-state index contributed by atoms with van der Waals surface area (Å²) in [5.41, 5.74) is 2.38. The molecule has 2 aromatic rings. The minimum absolute atomic E-state index is 0.202. The lowest BCUT2D eigenvalue weighted by atomic mass is 9.97. The Balaban J connectivity index is 1.96. The molecule has 0 fully saturated rings. The number of sulfonamides is 1. The van der Waals surface area contributed by atoms with E-state index in [4.69, 9.17) is 14.6 Å². The third-order valence-electron chi connectivity index (χ3n) is 5.04. The minimum Gasteiger partial charge on any atom is -0.497 e. The highest BCUT2D eigenvalue weighted by Crippen LogP contribution is 2.39. The van der Waals surface area contributed by atoms with Crippen LogP contribution in [0.4, 0.5) is 5.69 Å². The van der Waals surface area contributed by atoms with Crippen molar-refractivity contribution in [3.63, 3.8) is 0 Å². The van der Waals surface area contributed by atoms with E-state index in [2.05, 4.69) is 9.82 Å². The minimum atomic E-state index is -3.41. The number of carboxylic acids is 1. The Labute approximate surface area is 191 Å². The largest absolute Gasteiger partial charge is 0.497 e. The molecular weight excluding hydrogens is 450 g/mol. The number of amides is 1. The number of hydrazone groups is 1. The van der Waals surface area contributed by atoms with Crippen LogP contribution < -0.4 is 14.2 Å². The van der Waals surface area contributed by atoms with Gasteiger partial charge in [0.1, 0.15) is 11.5 Å². The SMILES string of the molecule is COc1ccc(OC)c([C@@H]2CC(c3ccc(NS(C)(=O)=O)cc3)=NN2C(=O)CCC(=O)O)c1. The number of hydrogen-bond donors (Lipinski definition) is 2. The van der Waals surface area contributed by atoms with Gasteiger partial charge in [-0.1, -0.05) is 12.1 Å². The molecule has 0 unspecified atom stereocenters. The number of rotatable bonds is 9. The molecule has 2 N–H and O–H groups in total. The normalized spacial score (nSPS) is 15.7.